The molecule has 1 aliphatic rings. The lowest BCUT2D eigenvalue weighted by Crippen LogP contribution is -2.35. The Labute approximate surface area is 127 Å². The first-order chi connectivity index (χ1) is 9.17. The molecular weight excluding hydrogens is 325 g/mol. The van der Waals surface area contributed by atoms with Crippen molar-refractivity contribution in [2.24, 2.45) is 5.41 Å². The van der Waals surface area contributed by atoms with E-state index in [-0.39, 0.29) is 34.5 Å². The molecule has 1 N–H and O–H groups in total. The quantitative estimate of drug-likeness (QED) is 0.919. The van der Waals surface area contributed by atoms with E-state index in [1.165, 1.54) is 25.1 Å². The molecule has 1 heterocycles. The Morgan fingerprint density at radius 1 is 1.40 bits per heavy atom. The van der Waals surface area contributed by atoms with Crippen molar-refractivity contribution in [2.45, 2.75) is 18.2 Å². The maximum absolute atomic E-state index is 12.5. The highest BCUT2D eigenvalue weighted by Gasteiger charge is 2.45. The molecule has 0 aromatic heterocycles. The summed E-state index contributed by atoms with van der Waals surface area (Å²) in [6.45, 7) is 1.60. The van der Waals surface area contributed by atoms with Crippen LogP contribution in [0.25, 0.3) is 0 Å². The van der Waals surface area contributed by atoms with Crippen molar-refractivity contribution in [2.75, 3.05) is 13.1 Å². The number of hydrogen-bond donors (Lipinski definition) is 1. The predicted octanol–water partition coefficient (Wildman–Crippen LogP) is 2.48. The summed E-state index contributed by atoms with van der Waals surface area (Å²) in [4.78, 5) is 11.1. The lowest BCUT2D eigenvalue weighted by Gasteiger charge is -2.20. The average Bonchev–Trinajstić information content (AvgIpc) is 2.77. The standard InChI is InChI=1S/C12H13Cl2NO4S/c1-12(11(16)17)4-5-15(7-12)20(18,19)10-6-8(13)2-3-9(10)14/h2-3,6H,4-5,7H2,1H3,(H,16,17). The number of hydrogen-bond acceptors (Lipinski definition) is 3. The van der Waals surface area contributed by atoms with Gasteiger partial charge < -0.3 is 5.11 Å². The van der Waals surface area contributed by atoms with E-state index in [1.807, 2.05) is 0 Å². The maximum Gasteiger partial charge on any atom is 0.310 e. The van der Waals surface area contributed by atoms with Gasteiger partial charge in [-0.05, 0) is 31.5 Å². The minimum atomic E-state index is -3.84. The molecular formula is C12H13Cl2NO4S. The van der Waals surface area contributed by atoms with Gasteiger partial charge in [0.2, 0.25) is 10.0 Å². The number of halogens is 2. The third-order valence-electron chi connectivity index (χ3n) is 3.47. The summed E-state index contributed by atoms with van der Waals surface area (Å²) >= 11 is 11.7. The highest BCUT2D eigenvalue weighted by Crippen LogP contribution is 2.36. The highest BCUT2D eigenvalue weighted by atomic mass is 35.5. The molecule has 1 fully saturated rings. The fourth-order valence-corrected chi connectivity index (χ4v) is 4.41. The van der Waals surface area contributed by atoms with Crippen LogP contribution in [0.15, 0.2) is 23.1 Å². The molecule has 0 bridgehead atoms. The van der Waals surface area contributed by atoms with Crippen LogP contribution in [0.1, 0.15) is 13.3 Å². The average molecular weight is 338 g/mol. The van der Waals surface area contributed by atoms with Crippen molar-refractivity contribution >= 4 is 39.2 Å². The van der Waals surface area contributed by atoms with Crippen LogP contribution in [-0.2, 0) is 14.8 Å². The van der Waals surface area contributed by atoms with E-state index in [0.29, 0.717) is 0 Å². The van der Waals surface area contributed by atoms with Gasteiger partial charge in [0.15, 0.2) is 0 Å². The molecule has 5 nitrogen and oxygen atoms in total. The minimum Gasteiger partial charge on any atom is -0.481 e. The molecule has 1 aliphatic heterocycles. The fraction of sp³-hybridized carbons (Fsp3) is 0.417. The summed E-state index contributed by atoms with van der Waals surface area (Å²) in [6.07, 6.45) is 0.264. The van der Waals surface area contributed by atoms with Gasteiger partial charge >= 0.3 is 5.97 Å². The van der Waals surface area contributed by atoms with E-state index >= 15 is 0 Å². The Morgan fingerprint density at radius 3 is 2.60 bits per heavy atom. The van der Waals surface area contributed by atoms with Gasteiger partial charge in [0.05, 0.1) is 10.4 Å². The molecule has 0 amide bonds. The number of sulfonamides is 1. The Morgan fingerprint density at radius 2 is 2.05 bits per heavy atom. The van der Waals surface area contributed by atoms with Gasteiger partial charge in [-0.2, -0.15) is 4.31 Å². The Bertz CT molecular complexity index is 661. The number of carboxylic acid groups (broad SMARTS) is 1. The van der Waals surface area contributed by atoms with Crippen LogP contribution >= 0.6 is 23.2 Å². The van der Waals surface area contributed by atoms with Crippen LogP contribution in [0.2, 0.25) is 10.0 Å². The van der Waals surface area contributed by atoms with E-state index in [4.69, 9.17) is 28.3 Å². The maximum atomic E-state index is 12.5. The van der Waals surface area contributed by atoms with E-state index in [1.54, 1.807) is 0 Å². The third kappa shape index (κ3) is 2.65. The number of nitrogens with zero attached hydrogens (tertiary/aromatic N) is 1. The van der Waals surface area contributed by atoms with Gasteiger partial charge in [-0.15, -0.1) is 0 Å². The normalized spacial score (nSPS) is 23.9. The van der Waals surface area contributed by atoms with E-state index in [2.05, 4.69) is 0 Å². The number of aliphatic carboxylic acids is 1. The zero-order chi connectivity index (χ0) is 15.1. The fourth-order valence-electron chi connectivity index (χ4n) is 2.11. The molecule has 1 aromatic carbocycles. The summed E-state index contributed by atoms with van der Waals surface area (Å²) < 4.78 is 26.2. The summed E-state index contributed by atoms with van der Waals surface area (Å²) in [5, 5.41) is 9.48. The Balaban J connectivity index is 2.38. The van der Waals surface area contributed by atoms with Crippen LogP contribution < -0.4 is 0 Å². The number of carboxylic acids is 1. The zero-order valence-electron chi connectivity index (χ0n) is 10.6. The Kier molecular flexibility index (Phi) is 4.03. The smallest absolute Gasteiger partial charge is 0.310 e. The van der Waals surface area contributed by atoms with Crippen LogP contribution in [0.4, 0.5) is 0 Å². The number of benzene rings is 1. The highest BCUT2D eigenvalue weighted by molar-refractivity contribution is 7.89. The molecule has 1 atom stereocenters. The topological polar surface area (TPSA) is 74.7 Å². The van der Waals surface area contributed by atoms with Gasteiger partial charge in [0.25, 0.3) is 0 Å². The summed E-state index contributed by atoms with van der Waals surface area (Å²) in [7, 11) is -3.84. The summed E-state index contributed by atoms with van der Waals surface area (Å²) in [6, 6.07) is 4.17. The molecule has 1 saturated heterocycles. The van der Waals surface area contributed by atoms with Crippen LogP contribution in [0.3, 0.4) is 0 Å². The second-order valence-electron chi connectivity index (χ2n) is 5.03. The van der Waals surface area contributed by atoms with Gasteiger partial charge in [-0.1, -0.05) is 23.2 Å². The van der Waals surface area contributed by atoms with Crippen molar-refractivity contribution in [3.63, 3.8) is 0 Å². The van der Waals surface area contributed by atoms with E-state index in [0.717, 1.165) is 4.31 Å². The number of rotatable bonds is 3. The van der Waals surface area contributed by atoms with Crippen molar-refractivity contribution in [1.29, 1.82) is 0 Å². The lowest BCUT2D eigenvalue weighted by atomic mass is 9.90. The van der Waals surface area contributed by atoms with Crippen molar-refractivity contribution in [1.82, 2.24) is 4.31 Å². The van der Waals surface area contributed by atoms with Crippen molar-refractivity contribution in [3.8, 4) is 0 Å². The van der Waals surface area contributed by atoms with Crippen molar-refractivity contribution < 1.29 is 18.3 Å². The first kappa shape index (κ1) is 15.6. The minimum absolute atomic E-state index is 0.0679. The lowest BCUT2D eigenvalue weighted by molar-refractivity contribution is -0.146. The second-order valence-corrected chi connectivity index (χ2v) is 7.78. The second kappa shape index (κ2) is 5.18. The molecule has 1 unspecified atom stereocenters. The molecule has 0 saturated carbocycles. The van der Waals surface area contributed by atoms with Crippen LogP contribution in [0.5, 0.6) is 0 Å². The van der Waals surface area contributed by atoms with Crippen LogP contribution in [-0.4, -0.2) is 36.9 Å². The largest absolute Gasteiger partial charge is 0.481 e. The monoisotopic (exact) mass is 337 g/mol. The molecule has 0 aliphatic carbocycles. The third-order valence-corrected chi connectivity index (χ3v) is 6.03. The molecule has 2 rings (SSSR count). The molecule has 8 heteroatoms. The van der Waals surface area contributed by atoms with Gasteiger partial charge in [-0.3, -0.25) is 4.79 Å². The predicted molar refractivity (Wildman–Crippen MR) is 75.6 cm³/mol. The zero-order valence-corrected chi connectivity index (χ0v) is 13.0. The molecule has 110 valence electrons. The molecule has 1 aromatic rings. The first-order valence-corrected chi connectivity index (χ1v) is 8.05. The number of carbonyl (C=O) groups is 1. The van der Waals surface area contributed by atoms with E-state index in [9.17, 15) is 13.2 Å². The van der Waals surface area contributed by atoms with E-state index < -0.39 is 21.4 Å². The van der Waals surface area contributed by atoms with Gasteiger partial charge in [-0.25, -0.2) is 8.42 Å². The van der Waals surface area contributed by atoms with Gasteiger partial charge in [0, 0.05) is 18.1 Å². The molecule has 0 spiro atoms. The molecule has 0 radical (unpaired) electrons. The van der Waals surface area contributed by atoms with Crippen LogP contribution in [0, 0.1) is 5.41 Å². The van der Waals surface area contributed by atoms with Crippen molar-refractivity contribution in [3.05, 3.63) is 28.2 Å². The summed E-state index contributed by atoms with van der Waals surface area (Å²) in [5.41, 5.74) is -1.07. The molecule has 20 heavy (non-hydrogen) atoms. The summed E-state index contributed by atoms with van der Waals surface area (Å²) in [5.74, 6) is -1.01. The van der Waals surface area contributed by atoms with Gasteiger partial charge in [0.1, 0.15) is 4.90 Å². The Hall–Kier alpha value is -0.820. The first-order valence-electron chi connectivity index (χ1n) is 5.85. The SMILES string of the molecule is CC1(C(=O)O)CCN(S(=O)(=O)c2cc(Cl)ccc2Cl)C1.